The molecule has 0 amide bonds. The van der Waals surface area contributed by atoms with E-state index in [2.05, 4.69) is 31.0 Å². The zero-order chi connectivity index (χ0) is 13.0. The monoisotopic (exact) mass is 254 g/mol. The lowest BCUT2D eigenvalue weighted by Gasteiger charge is -2.42. The Bertz CT molecular complexity index is 241. The molecule has 0 aromatic heterocycles. The molecule has 2 fully saturated rings. The van der Waals surface area contributed by atoms with Gasteiger partial charge in [0.2, 0.25) is 0 Å². The van der Waals surface area contributed by atoms with Crippen LogP contribution in [-0.2, 0) is 4.74 Å². The minimum Gasteiger partial charge on any atom is -0.377 e. The van der Waals surface area contributed by atoms with Crippen molar-refractivity contribution in [3.05, 3.63) is 0 Å². The Morgan fingerprint density at radius 3 is 2.83 bits per heavy atom. The van der Waals surface area contributed by atoms with Crippen molar-refractivity contribution >= 4 is 0 Å². The number of likely N-dealkylation sites (tertiary alicyclic amines) is 1. The summed E-state index contributed by atoms with van der Waals surface area (Å²) in [6.07, 6.45) is 5.51. The average molecular weight is 254 g/mol. The first-order valence-electron chi connectivity index (χ1n) is 7.81. The fourth-order valence-electron chi connectivity index (χ4n) is 3.40. The van der Waals surface area contributed by atoms with Crippen molar-refractivity contribution in [2.24, 2.45) is 5.92 Å². The third-order valence-electron chi connectivity index (χ3n) is 4.67. The second-order valence-electron chi connectivity index (χ2n) is 6.11. The lowest BCUT2D eigenvalue weighted by atomic mass is 9.92. The number of hydrogen-bond donors (Lipinski definition) is 1. The molecule has 2 saturated heterocycles. The van der Waals surface area contributed by atoms with Gasteiger partial charge >= 0.3 is 0 Å². The van der Waals surface area contributed by atoms with Crippen LogP contribution >= 0.6 is 0 Å². The average Bonchev–Trinajstić information content (AvgIpc) is 2.90. The number of rotatable bonds is 5. The van der Waals surface area contributed by atoms with Gasteiger partial charge in [0.05, 0.1) is 6.10 Å². The van der Waals surface area contributed by atoms with E-state index < -0.39 is 0 Å². The van der Waals surface area contributed by atoms with E-state index >= 15 is 0 Å². The summed E-state index contributed by atoms with van der Waals surface area (Å²) in [5.74, 6) is 0.758. The molecule has 18 heavy (non-hydrogen) atoms. The van der Waals surface area contributed by atoms with Gasteiger partial charge in [-0.1, -0.05) is 13.8 Å². The van der Waals surface area contributed by atoms with Gasteiger partial charge in [-0.2, -0.15) is 0 Å². The van der Waals surface area contributed by atoms with Crippen LogP contribution in [-0.4, -0.2) is 49.3 Å². The Balaban J connectivity index is 1.79. The van der Waals surface area contributed by atoms with E-state index in [1.54, 1.807) is 0 Å². The minimum atomic E-state index is 0.484. The summed E-state index contributed by atoms with van der Waals surface area (Å²) >= 11 is 0. The Morgan fingerprint density at radius 2 is 2.22 bits per heavy atom. The fraction of sp³-hybridized carbons (Fsp3) is 1.00. The minimum absolute atomic E-state index is 0.484. The fourth-order valence-corrected chi connectivity index (χ4v) is 3.40. The molecule has 0 aromatic carbocycles. The van der Waals surface area contributed by atoms with Crippen molar-refractivity contribution < 1.29 is 4.74 Å². The summed E-state index contributed by atoms with van der Waals surface area (Å²) in [7, 11) is 0. The Morgan fingerprint density at radius 1 is 1.39 bits per heavy atom. The first-order valence-corrected chi connectivity index (χ1v) is 7.81. The zero-order valence-corrected chi connectivity index (χ0v) is 12.3. The molecule has 3 nitrogen and oxygen atoms in total. The maximum atomic E-state index is 5.84. The highest BCUT2D eigenvalue weighted by Crippen LogP contribution is 2.24. The molecule has 4 unspecified atom stereocenters. The van der Waals surface area contributed by atoms with Crippen LogP contribution in [0.2, 0.25) is 0 Å². The molecule has 0 spiro atoms. The lowest BCUT2D eigenvalue weighted by Crippen LogP contribution is -2.53. The molecule has 2 aliphatic rings. The molecular weight excluding hydrogens is 224 g/mol. The van der Waals surface area contributed by atoms with Crippen LogP contribution in [0.25, 0.3) is 0 Å². The van der Waals surface area contributed by atoms with E-state index in [1.165, 1.54) is 38.8 Å². The summed E-state index contributed by atoms with van der Waals surface area (Å²) in [6.45, 7) is 11.6. The van der Waals surface area contributed by atoms with E-state index in [0.29, 0.717) is 12.1 Å². The molecule has 0 bridgehead atoms. The largest absolute Gasteiger partial charge is 0.377 e. The van der Waals surface area contributed by atoms with Crippen LogP contribution in [0.5, 0.6) is 0 Å². The Labute approximate surface area is 112 Å². The molecule has 106 valence electrons. The summed E-state index contributed by atoms with van der Waals surface area (Å²) < 4.78 is 5.84. The molecule has 0 aromatic rings. The second-order valence-corrected chi connectivity index (χ2v) is 6.11. The highest BCUT2D eigenvalue weighted by molar-refractivity contribution is 4.88. The first kappa shape index (κ1) is 14.3. The third kappa shape index (κ3) is 3.46. The van der Waals surface area contributed by atoms with E-state index in [4.69, 9.17) is 4.74 Å². The zero-order valence-electron chi connectivity index (χ0n) is 12.3. The van der Waals surface area contributed by atoms with Gasteiger partial charge in [-0.05, 0) is 45.1 Å². The molecule has 2 heterocycles. The van der Waals surface area contributed by atoms with E-state index in [1.807, 2.05) is 0 Å². The van der Waals surface area contributed by atoms with Gasteiger partial charge in [0.1, 0.15) is 0 Å². The number of ether oxygens (including phenoxy) is 1. The molecule has 3 heteroatoms. The number of nitrogens with one attached hydrogen (secondary N) is 1. The van der Waals surface area contributed by atoms with Gasteiger partial charge in [-0.3, -0.25) is 4.90 Å². The molecule has 0 radical (unpaired) electrons. The Kier molecular flexibility index (Phi) is 5.46. The third-order valence-corrected chi connectivity index (χ3v) is 4.67. The summed E-state index contributed by atoms with van der Waals surface area (Å²) in [5, 5.41) is 3.69. The summed E-state index contributed by atoms with van der Waals surface area (Å²) in [5.41, 5.74) is 0. The Hall–Kier alpha value is -0.120. The molecule has 4 atom stereocenters. The lowest BCUT2D eigenvalue weighted by molar-refractivity contribution is 0.00932. The first-order chi connectivity index (χ1) is 8.72. The van der Waals surface area contributed by atoms with Crippen molar-refractivity contribution in [1.82, 2.24) is 10.2 Å². The summed E-state index contributed by atoms with van der Waals surface area (Å²) in [4.78, 5) is 2.64. The van der Waals surface area contributed by atoms with Gasteiger partial charge in [0.25, 0.3) is 0 Å². The van der Waals surface area contributed by atoms with Gasteiger partial charge in [0.15, 0.2) is 0 Å². The van der Waals surface area contributed by atoms with Crippen LogP contribution in [0.1, 0.15) is 46.5 Å². The van der Waals surface area contributed by atoms with Crippen molar-refractivity contribution in [2.45, 2.75) is 64.6 Å². The van der Waals surface area contributed by atoms with Crippen molar-refractivity contribution in [3.63, 3.8) is 0 Å². The van der Waals surface area contributed by atoms with Gasteiger partial charge in [0, 0.05) is 31.8 Å². The molecule has 2 rings (SSSR count). The van der Waals surface area contributed by atoms with Crippen molar-refractivity contribution in [3.8, 4) is 0 Å². The van der Waals surface area contributed by atoms with Crippen molar-refractivity contribution in [2.75, 3.05) is 26.2 Å². The van der Waals surface area contributed by atoms with Crippen molar-refractivity contribution in [1.29, 1.82) is 0 Å². The van der Waals surface area contributed by atoms with E-state index in [-0.39, 0.29) is 0 Å². The topological polar surface area (TPSA) is 24.5 Å². The van der Waals surface area contributed by atoms with Crippen LogP contribution in [0, 0.1) is 5.92 Å². The predicted octanol–water partition coefficient (Wildman–Crippen LogP) is 2.26. The second kappa shape index (κ2) is 6.88. The quantitative estimate of drug-likeness (QED) is 0.814. The van der Waals surface area contributed by atoms with Crippen LogP contribution in [0.3, 0.4) is 0 Å². The molecular formula is C15H30N2O. The van der Waals surface area contributed by atoms with Gasteiger partial charge in [-0.25, -0.2) is 0 Å². The SMILES string of the molecule is CCCNC1CCN(C(C)C2CCCO2)CC1C. The normalized spacial score (nSPS) is 35.8. The molecule has 1 N–H and O–H groups in total. The van der Waals surface area contributed by atoms with Crippen LogP contribution < -0.4 is 5.32 Å². The maximum Gasteiger partial charge on any atom is 0.0728 e. The highest BCUT2D eigenvalue weighted by Gasteiger charge is 2.32. The number of hydrogen-bond acceptors (Lipinski definition) is 3. The highest BCUT2D eigenvalue weighted by atomic mass is 16.5. The molecule has 0 aliphatic carbocycles. The van der Waals surface area contributed by atoms with Gasteiger partial charge < -0.3 is 10.1 Å². The standard InChI is InChI=1S/C15H30N2O/c1-4-8-16-14-7-9-17(11-12(14)2)13(3)15-6-5-10-18-15/h12-16H,4-11H2,1-3H3. The van der Waals surface area contributed by atoms with Crippen LogP contribution in [0.4, 0.5) is 0 Å². The molecule has 0 saturated carbocycles. The number of nitrogens with zero attached hydrogens (tertiary/aromatic N) is 1. The van der Waals surface area contributed by atoms with E-state index in [9.17, 15) is 0 Å². The predicted molar refractivity (Wildman–Crippen MR) is 75.9 cm³/mol. The maximum absolute atomic E-state index is 5.84. The van der Waals surface area contributed by atoms with Crippen LogP contribution in [0.15, 0.2) is 0 Å². The summed E-state index contributed by atoms with van der Waals surface area (Å²) in [6, 6.07) is 1.32. The molecule has 2 aliphatic heterocycles. The smallest absolute Gasteiger partial charge is 0.0728 e. The number of piperidine rings is 1. The van der Waals surface area contributed by atoms with E-state index in [0.717, 1.165) is 25.1 Å². The van der Waals surface area contributed by atoms with Gasteiger partial charge in [-0.15, -0.1) is 0 Å².